The highest BCUT2D eigenvalue weighted by Crippen LogP contribution is 2.50. The summed E-state index contributed by atoms with van der Waals surface area (Å²) in [5.41, 5.74) is 0.0992. The standard InChI is InChI=1S/C16H21NO4/c1-17-8-5-12(10-17)21-13-4-3-11(9-14(13)20-2)16(6-7-16)15(18)19/h3-4,9,12H,5-8,10H2,1-2H3,(H,18,19). The van der Waals surface area contributed by atoms with Crippen molar-refractivity contribution in [2.24, 2.45) is 0 Å². The van der Waals surface area contributed by atoms with Gasteiger partial charge in [0, 0.05) is 13.1 Å². The summed E-state index contributed by atoms with van der Waals surface area (Å²) >= 11 is 0. The van der Waals surface area contributed by atoms with Gasteiger partial charge in [0.25, 0.3) is 0 Å². The molecule has 1 aliphatic heterocycles. The van der Waals surface area contributed by atoms with Gasteiger partial charge in [-0.25, -0.2) is 0 Å². The number of nitrogens with zero attached hydrogens (tertiary/aromatic N) is 1. The molecule has 1 aromatic carbocycles. The maximum Gasteiger partial charge on any atom is 0.314 e. The summed E-state index contributed by atoms with van der Waals surface area (Å²) < 4.78 is 11.4. The monoisotopic (exact) mass is 291 g/mol. The fourth-order valence-electron chi connectivity index (χ4n) is 2.98. The number of carbonyl (C=O) groups is 1. The van der Waals surface area contributed by atoms with Gasteiger partial charge in [0.05, 0.1) is 12.5 Å². The van der Waals surface area contributed by atoms with Gasteiger partial charge in [-0.05, 0) is 44.0 Å². The van der Waals surface area contributed by atoms with Crippen LogP contribution in [0.4, 0.5) is 0 Å². The van der Waals surface area contributed by atoms with E-state index in [0.29, 0.717) is 24.3 Å². The normalized spacial score (nSPS) is 23.8. The molecule has 5 heteroatoms. The first kappa shape index (κ1) is 14.2. The minimum atomic E-state index is -0.754. The van der Waals surface area contributed by atoms with Crippen LogP contribution in [0.5, 0.6) is 11.5 Å². The van der Waals surface area contributed by atoms with Crippen molar-refractivity contribution in [3.05, 3.63) is 23.8 Å². The van der Waals surface area contributed by atoms with Gasteiger partial charge < -0.3 is 19.5 Å². The summed E-state index contributed by atoms with van der Waals surface area (Å²) in [6.45, 7) is 1.94. The van der Waals surface area contributed by atoms with Gasteiger partial charge in [0.15, 0.2) is 11.5 Å². The molecule has 0 radical (unpaired) electrons. The highest BCUT2D eigenvalue weighted by Gasteiger charge is 2.52. The number of aliphatic carboxylic acids is 1. The van der Waals surface area contributed by atoms with Crippen LogP contribution >= 0.6 is 0 Å². The Morgan fingerprint density at radius 3 is 2.67 bits per heavy atom. The Morgan fingerprint density at radius 1 is 1.38 bits per heavy atom. The molecular formula is C16H21NO4. The van der Waals surface area contributed by atoms with E-state index in [-0.39, 0.29) is 6.10 Å². The zero-order valence-corrected chi connectivity index (χ0v) is 12.5. The van der Waals surface area contributed by atoms with Crippen molar-refractivity contribution in [3.63, 3.8) is 0 Å². The van der Waals surface area contributed by atoms with Crippen LogP contribution < -0.4 is 9.47 Å². The first-order chi connectivity index (χ1) is 10.0. The Balaban J connectivity index is 1.81. The Kier molecular flexibility index (Phi) is 3.53. The summed E-state index contributed by atoms with van der Waals surface area (Å²) in [5.74, 6) is 0.563. The molecule has 21 heavy (non-hydrogen) atoms. The third-order valence-corrected chi connectivity index (χ3v) is 4.52. The van der Waals surface area contributed by atoms with E-state index in [4.69, 9.17) is 9.47 Å². The minimum Gasteiger partial charge on any atom is -0.493 e. The van der Waals surface area contributed by atoms with Crippen molar-refractivity contribution in [2.45, 2.75) is 30.8 Å². The minimum absolute atomic E-state index is 0.170. The maximum atomic E-state index is 11.4. The summed E-state index contributed by atoms with van der Waals surface area (Å²) in [4.78, 5) is 13.6. The first-order valence-electron chi connectivity index (χ1n) is 7.32. The molecular weight excluding hydrogens is 270 g/mol. The topological polar surface area (TPSA) is 59.0 Å². The Labute approximate surface area is 124 Å². The van der Waals surface area contributed by atoms with Crippen LogP contribution in [0.25, 0.3) is 0 Å². The lowest BCUT2D eigenvalue weighted by molar-refractivity contribution is -0.140. The highest BCUT2D eigenvalue weighted by molar-refractivity contribution is 5.85. The second-order valence-electron chi connectivity index (χ2n) is 6.04. The highest BCUT2D eigenvalue weighted by atomic mass is 16.5. The van der Waals surface area contributed by atoms with E-state index in [2.05, 4.69) is 11.9 Å². The van der Waals surface area contributed by atoms with Crippen molar-refractivity contribution < 1.29 is 19.4 Å². The molecule has 114 valence electrons. The fourth-order valence-corrected chi connectivity index (χ4v) is 2.98. The number of benzene rings is 1. The van der Waals surface area contributed by atoms with E-state index >= 15 is 0 Å². The zero-order chi connectivity index (χ0) is 15.0. The molecule has 1 saturated carbocycles. The van der Waals surface area contributed by atoms with Crippen molar-refractivity contribution in [2.75, 3.05) is 27.2 Å². The summed E-state index contributed by atoms with van der Waals surface area (Å²) in [6.07, 6.45) is 2.56. The van der Waals surface area contributed by atoms with Crippen LogP contribution in [0, 0.1) is 0 Å². The van der Waals surface area contributed by atoms with Gasteiger partial charge in [-0.15, -0.1) is 0 Å². The number of ether oxygens (including phenoxy) is 2. The van der Waals surface area contributed by atoms with Gasteiger partial charge in [-0.2, -0.15) is 0 Å². The van der Waals surface area contributed by atoms with Gasteiger partial charge in [0.2, 0.25) is 0 Å². The molecule has 1 unspecified atom stereocenters. The molecule has 1 aliphatic carbocycles. The molecule has 0 bridgehead atoms. The molecule has 0 spiro atoms. The maximum absolute atomic E-state index is 11.4. The summed E-state index contributed by atoms with van der Waals surface area (Å²) in [7, 11) is 3.67. The molecule has 2 fully saturated rings. The van der Waals surface area contributed by atoms with Crippen LogP contribution in [0.3, 0.4) is 0 Å². The first-order valence-corrected chi connectivity index (χ1v) is 7.32. The van der Waals surface area contributed by atoms with E-state index in [1.54, 1.807) is 7.11 Å². The molecule has 1 N–H and O–H groups in total. The lowest BCUT2D eigenvalue weighted by atomic mass is 9.96. The van der Waals surface area contributed by atoms with E-state index < -0.39 is 11.4 Å². The third kappa shape index (κ3) is 2.58. The van der Waals surface area contributed by atoms with Crippen molar-refractivity contribution in [3.8, 4) is 11.5 Å². The second-order valence-corrected chi connectivity index (χ2v) is 6.04. The fraction of sp³-hybridized carbons (Fsp3) is 0.562. The zero-order valence-electron chi connectivity index (χ0n) is 12.5. The van der Waals surface area contributed by atoms with Crippen LogP contribution in [0.2, 0.25) is 0 Å². The molecule has 1 aromatic rings. The number of methoxy groups -OCH3 is 1. The molecule has 1 atom stereocenters. The van der Waals surface area contributed by atoms with Crippen molar-refractivity contribution in [1.82, 2.24) is 4.90 Å². The van der Waals surface area contributed by atoms with Crippen LogP contribution in [0.15, 0.2) is 18.2 Å². The quantitative estimate of drug-likeness (QED) is 0.898. The number of carboxylic acids is 1. The van der Waals surface area contributed by atoms with Gasteiger partial charge in [0.1, 0.15) is 6.10 Å². The Morgan fingerprint density at radius 2 is 2.14 bits per heavy atom. The van der Waals surface area contributed by atoms with E-state index in [1.807, 2.05) is 18.2 Å². The van der Waals surface area contributed by atoms with E-state index in [1.165, 1.54) is 0 Å². The molecule has 2 aliphatic rings. The summed E-state index contributed by atoms with van der Waals surface area (Å²) in [5, 5.41) is 9.37. The average Bonchev–Trinajstić information content (AvgIpc) is 3.18. The molecule has 0 amide bonds. The SMILES string of the molecule is COc1cc(C2(C(=O)O)CC2)ccc1OC1CCN(C)C1. The molecule has 3 rings (SSSR count). The van der Waals surface area contributed by atoms with Crippen LogP contribution in [-0.4, -0.2) is 49.3 Å². The largest absolute Gasteiger partial charge is 0.493 e. The molecule has 1 heterocycles. The van der Waals surface area contributed by atoms with Gasteiger partial charge >= 0.3 is 5.97 Å². The van der Waals surface area contributed by atoms with Crippen molar-refractivity contribution >= 4 is 5.97 Å². The molecule has 1 saturated heterocycles. The second kappa shape index (κ2) is 5.22. The third-order valence-electron chi connectivity index (χ3n) is 4.52. The molecule has 0 aromatic heterocycles. The molecule has 5 nitrogen and oxygen atoms in total. The van der Waals surface area contributed by atoms with E-state index in [0.717, 1.165) is 25.1 Å². The predicted octanol–water partition coefficient (Wildman–Crippen LogP) is 1.89. The van der Waals surface area contributed by atoms with Crippen LogP contribution in [-0.2, 0) is 10.2 Å². The number of likely N-dealkylation sites (tertiary alicyclic amines) is 1. The predicted molar refractivity (Wildman–Crippen MR) is 78.1 cm³/mol. The van der Waals surface area contributed by atoms with Crippen molar-refractivity contribution in [1.29, 1.82) is 0 Å². The number of carboxylic acid groups (broad SMARTS) is 1. The van der Waals surface area contributed by atoms with E-state index in [9.17, 15) is 9.90 Å². The van der Waals surface area contributed by atoms with Gasteiger partial charge in [-0.3, -0.25) is 4.79 Å². The number of hydrogen-bond acceptors (Lipinski definition) is 4. The average molecular weight is 291 g/mol. The number of hydrogen-bond donors (Lipinski definition) is 1. The lowest BCUT2D eigenvalue weighted by Crippen LogP contribution is -2.22. The lowest BCUT2D eigenvalue weighted by Gasteiger charge is -2.18. The Hall–Kier alpha value is -1.75. The number of rotatable bonds is 5. The Bertz CT molecular complexity index is 553. The number of likely N-dealkylation sites (N-methyl/N-ethyl adjacent to an activating group) is 1. The van der Waals surface area contributed by atoms with Gasteiger partial charge in [-0.1, -0.05) is 6.07 Å². The smallest absolute Gasteiger partial charge is 0.314 e. The van der Waals surface area contributed by atoms with Crippen LogP contribution in [0.1, 0.15) is 24.8 Å². The summed E-state index contributed by atoms with van der Waals surface area (Å²) in [6, 6.07) is 5.52.